The van der Waals surface area contributed by atoms with Gasteiger partial charge >= 0.3 is 0 Å². The molecule has 2 aliphatic rings. The molecule has 2 heterocycles. The first-order valence-corrected chi connectivity index (χ1v) is 12.6. The summed E-state index contributed by atoms with van der Waals surface area (Å²) in [4.78, 5) is 50.4. The van der Waals surface area contributed by atoms with Gasteiger partial charge in [0.2, 0.25) is 11.8 Å². The van der Waals surface area contributed by atoms with Crippen molar-refractivity contribution in [2.24, 2.45) is 5.73 Å². The first-order chi connectivity index (χ1) is 18.5. The number of nitrogens with one attached hydrogen (secondary N) is 1. The summed E-state index contributed by atoms with van der Waals surface area (Å²) in [5.74, 6) is -2.04. The molecule has 1 aromatic rings. The van der Waals surface area contributed by atoms with Crippen LogP contribution in [0.1, 0.15) is 33.6 Å². The second kappa shape index (κ2) is 16.1. The van der Waals surface area contributed by atoms with Crippen molar-refractivity contribution in [3.05, 3.63) is 29.3 Å². The highest BCUT2D eigenvalue weighted by atomic mass is 16.6. The summed E-state index contributed by atoms with van der Waals surface area (Å²) < 4.78 is 32.6. The molecule has 0 spiro atoms. The molecule has 3 rings (SSSR count). The molecule has 1 atom stereocenters. The van der Waals surface area contributed by atoms with Gasteiger partial charge in [-0.15, -0.1) is 0 Å². The number of rotatable bonds is 19. The number of hydrogen-bond acceptors (Lipinski definition) is 11. The zero-order chi connectivity index (χ0) is 27.2. The molecular weight excluding hydrogens is 502 g/mol. The third-order valence-corrected chi connectivity index (χ3v) is 5.67. The quantitative estimate of drug-likeness (QED) is 0.173. The largest absolute Gasteiger partial charge is 0.490 e. The summed E-state index contributed by atoms with van der Waals surface area (Å²) in [5, 5.41) is 2.17. The van der Waals surface area contributed by atoms with Crippen LogP contribution in [-0.2, 0) is 33.3 Å². The summed E-state index contributed by atoms with van der Waals surface area (Å²) >= 11 is 0. The van der Waals surface area contributed by atoms with Crippen LogP contribution in [0, 0.1) is 0 Å². The Hall–Kier alpha value is -2.94. The molecule has 1 unspecified atom stereocenters. The Kier molecular flexibility index (Phi) is 12.6. The van der Waals surface area contributed by atoms with Crippen LogP contribution in [0.15, 0.2) is 18.2 Å². The van der Waals surface area contributed by atoms with E-state index in [1.54, 1.807) is 12.1 Å². The molecule has 4 amide bonds. The Bertz CT molecular complexity index is 957. The molecule has 0 radical (unpaired) electrons. The third kappa shape index (κ3) is 8.55. The van der Waals surface area contributed by atoms with E-state index in [-0.39, 0.29) is 42.9 Å². The zero-order valence-electron chi connectivity index (χ0n) is 21.3. The SMILES string of the molecule is NCCOCCOCCOCCOCCOCCOc1cccc2c1C(=O)N(C1CCC(=O)NC1=O)C2=O. The molecule has 0 aliphatic carbocycles. The number of benzene rings is 1. The molecule has 0 aromatic heterocycles. The Labute approximate surface area is 220 Å². The van der Waals surface area contributed by atoms with Crippen LogP contribution in [0.5, 0.6) is 5.75 Å². The van der Waals surface area contributed by atoms with Crippen LogP contribution in [0.4, 0.5) is 0 Å². The minimum atomic E-state index is -1.03. The fraction of sp³-hybridized carbons (Fsp3) is 0.600. The van der Waals surface area contributed by atoms with Crippen molar-refractivity contribution in [3.63, 3.8) is 0 Å². The lowest BCUT2D eigenvalue weighted by Gasteiger charge is -2.27. The lowest BCUT2D eigenvalue weighted by atomic mass is 10.0. The van der Waals surface area contributed by atoms with E-state index >= 15 is 0 Å². The first kappa shape index (κ1) is 29.6. The van der Waals surface area contributed by atoms with Crippen LogP contribution in [-0.4, -0.2) is 114 Å². The van der Waals surface area contributed by atoms with Gasteiger partial charge in [0, 0.05) is 13.0 Å². The van der Waals surface area contributed by atoms with Crippen molar-refractivity contribution in [1.29, 1.82) is 0 Å². The molecule has 13 nitrogen and oxygen atoms in total. The van der Waals surface area contributed by atoms with Crippen molar-refractivity contribution in [2.75, 3.05) is 79.2 Å². The lowest BCUT2D eigenvalue weighted by molar-refractivity contribution is -0.136. The van der Waals surface area contributed by atoms with Gasteiger partial charge in [0.25, 0.3) is 11.8 Å². The number of fused-ring (bicyclic) bond motifs is 1. The highest BCUT2D eigenvalue weighted by molar-refractivity contribution is 6.24. The molecule has 1 saturated heterocycles. The van der Waals surface area contributed by atoms with E-state index in [1.165, 1.54) is 6.07 Å². The number of carbonyl (C=O) groups excluding carboxylic acids is 4. The van der Waals surface area contributed by atoms with E-state index in [4.69, 9.17) is 34.2 Å². The molecule has 38 heavy (non-hydrogen) atoms. The van der Waals surface area contributed by atoms with Gasteiger partial charge in [-0.05, 0) is 18.6 Å². The molecule has 1 aromatic carbocycles. The van der Waals surface area contributed by atoms with Gasteiger partial charge in [0.15, 0.2) is 0 Å². The van der Waals surface area contributed by atoms with Gasteiger partial charge in [-0.1, -0.05) is 6.07 Å². The third-order valence-electron chi connectivity index (χ3n) is 5.67. The maximum atomic E-state index is 13.0. The van der Waals surface area contributed by atoms with E-state index in [1.807, 2.05) is 0 Å². The molecule has 210 valence electrons. The number of nitrogens with zero attached hydrogens (tertiary/aromatic N) is 1. The fourth-order valence-corrected chi connectivity index (χ4v) is 3.88. The maximum absolute atomic E-state index is 13.0. The van der Waals surface area contributed by atoms with E-state index in [2.05, 4.69) is 5.32 Å². The average Bonchev–Trinajstić information content (AvgIpc) is 3.16. The van der Waals surface area contributed by atoms with Crippen molar-refractivity contribution >= 4 is 23.6 Å². The van der Waals surface area contributed by atoms with Gasteiger partial charge in [-0.2, -0.15) is 0 Å². The van der Waals surface area contributed by atoms with E-state index in [0.29, 0.717) is 66.0 Å². The Morgan fingerprint density at radius 3 is 1.87 bits per heavy atom. The van der Waals surface area contributed by atoms with Gasteiger partial charge in [-0.25, -0.2) is 0 Å². The number of imide groups is 2. The van der Waals surface area contributed by atoms with Crippen LogP contribution in [0.3, 0.4) is 0 Å². The number of ether oxygens (including phenoxy) is 6. The van der Waals surface area contributed by atoms with Crippen LogP contribution < -0.4 is 15.8 Å². The van der Waals surface area contributed by atoms with Crippen LogP contribution >= 0.6 is 0 Å². The molecule has 0 saturated carbocycles. The smallest absolute Gasteiger partial charge is 0.266 e. The van der Waals surface area contributed by atoms with Crippen molar-refractivity contribution in [3.8, 4) is 5.75 Å². The molecule has 3 N–H and O–H groups in total. The summed E-state index contributed by atoms with van der Waals surface area (Å²) in [6, 6.07) is 3.68. The highest BCUT2D eigenvalue weighted by Gasteiger charge is 2.45. The predicted octanol–water partition coefficient (Wildman–Crippen LogP) is -0.492. The molecule has 13 heteroatoms. The molecule has 1 fully saturated rings. The first-order valence-electron chi connectivity index (χ1n) is 12.6. The monoisotopic (exact) mass is 537 g/mol. The topological polar surface area (TPSA) is 165 Å². The fourth-order valence-electron chi connectivity index (χ4n) is 3.88. The summed E-state index contributed by atoms with van der Waals surface area (Å²) in [5.41, 5.74) is 5.59. The van der Waals surface area contributed by atoms with Crippen LogP contribution in [0.25, 0.3) is 0 Å². The number of amides is 4. The summed E-state index contributed by atoms with van der Waals surface area (Å²) in [6.45, 7) is 4.98. The number of carbonyl (C=O) groups is 4. The Morgan fingerprint density at radius 1 is 0.763 bits per heavy atom. The minimum absolute atomic E-state index is 0.0582. The molecular formula is C25H35N3O10. The minimum Gasteiger partial charge on any atom is -0.490 e. The second-order valence-corrected chi connectivity index (χ2v) is 8.32. The van der Waals surface area contributed by atoms with Crippen LogP contribution in [0.2, 0.25) is 0 Å². The van der Waals surface area contributed by atoms with Gasteiger partial charge < -0.3 is 34.2 Å². The molecule has 0 bridgehead atoms. The van der Waals surface area contributed by atoms with Crippen molar-refractivity contribution in [2.45, 2.75) is 18.9 Å². The second-order valence-electron chi connectivity index (χ2n) is 8.32. The Morgan fingerprint density at radius 2 is 1.32 bits per heavy atom. The van der Waals surface area contributed by atoms with E-state index < -0.39 is 29.7 Å². The van der Waals surface area contributed by atoms with Gasteiger partial charge in [0.05, 0.1) is 77.2 Å². The maximum Gasteiger partial charge on any atom is 0.266 e. The lowest BCUT2D eigenvalue weighted by Crippen LogP contribution is -2.54. The zero-order valence-corrected chi connectivity index (χ0v) is 21.3. The van der Waals surface area contributed by atoms with E-state index in [9.17, 15) is 19.2 Å². The van der Waals surface area contributed by atoms with E-state index in [0.717, 1.165) is 4.90 Å². The van der Waals surface area contributed by atoms with Gasteiger partial charge in [0.1, 0.15) is 18.4 Å². The number of piperidine rings is 1. The predicted molar refractivity (Wildman–Crippen MR) is 132 cm³/mol. The molecule has 2 aliphatic heterocycles. The number of hydrogen-bond donors (Lipinski definition) is 2. The highest BCUT2D eigenvalue weighted by Crippen LogP contribution is 2.33. The number of nitrogens with two attached hydrogens (primary N) is 1. The Balaban J connectivity index is 1.26. The van der Waals surface area contributed by atoms with Gasteiger partial charge in [-0.3, -0.25) is 29.4 Å². The normalized spacial score (nSPS) is 17.2. The standard InChI is InChI=1S/C25H35N3O10/c26-6-7-33-8-9-34-10-11-35-12-13-36-14-15-37-16-17-38-20-3-1-2-18-22(20)25(32)28(24(18)31)19-4-5-21(29)27-23(19)30/h1-3,19H,4-17,26H2,(H,27,29,30). The average molecular weight is 538 g/mol. The summed E-state index contributed by atoms with van der Waals surface area (Å²) in [6.07, 6.45) is 0.150. The summed E-state index contributed by atoms with van der Waals surface area (Å²) in [7, 11) is 0. The van der Waals surface area contributed by atoms with Crippen molar-refractivity contribution in [1.82, 2.24) is 10.2 Å². The van der Waals surface area contributed by atoms with Crippen molar-refractivity contribution < 1.29 is 47.6 Å².